The van der Waals surface area contributed by atoms with Crippen molar-refractivity contribution in [3.8, 4) is 0 Å². The van der Waals surface area contributed by atoms with Crippen LogP contribution < -0.4 is 0 Å². The van der Waals surface area contributed by atoms with Crippen molar-refractivity contribution < 1.29 is 4.79 Å². The van der Waals surface area contributed by atoms with Crippen molar-refractivity contribution in [3.05, 3.63) is 36.2 Å². The number of carbonyl (C=O) groups excluding carboxylic acids is 1. The summed E-state index contributed by atoms with van der Waals surface area (Å²) in [6.07, 6.45) is 3.81. The molecule has 0 aliphatic rings. The standard InChI is InChI=1S/C12H17NO/c1-9(2)7-13-6-5-11(8-13)12(14)10(3)4/h5-6,8,10H,1,7H2,2-4H3. The quantitative estimate of drug-likeness (QED) is 0.530. The van der Waals surface area contributed by atoms with E-state index in [1.807, 2.05) is 43.8 Å². The van der Waals surface area contributed by atoms with Crippen LogP contribution in [0.5, 0.6) is 0 Å². The van der Waals surface area contributed by atoms with E-state index in [0.29, 0.717) is 0 Å². The molecule has 0 amide bonds. The minimum atomic E-state index is 0.0654. The van der Waals surface area contributed by atoms with Crippen LogP contribution in [0.2, 0.25) is 0 Å². The molecule has 2 nitrogen and oxygen atoms in total. The second-order valence-electron chi connectivity index (χ2n) is 4.05. The maximum absolute atomic E-state index is 11.6. The van der Waals surface area contributed by atoms with Crippen LogP contribution >= 0.6 is 0 Å². The van der Waals surface area contributed by atoms with Gasteiger partial charge in [-0.2, -0.15) is 0 Å². The molecule has 1 aromatic rings. The number of allylic oxidation sites excluding steroid dienone is 1. The third-order valence-electron chi connectivity index (χ3n) is 2.01. The number of hydrogen-bond acceptors (Lipinski definition) is 1. The van der Waals surface area contributed by atoms with Gasteiger partial charge in [-0.05, 0) is 13.0 Å². The van der Waals surface area contributed by atoms with Gasteiger partial charge in [-0.25, -0.2) is 0 Å². The average molecular weight is 191 g/mol. The van der Waals surface area contributed by atoms with E-state index < -0.39 is 0 Å². The third-order valence-corrected chi connectivity index (χ3v) is 2.01. The van der Waals surface area contributed by atoms with Gasteiger partial charge in [0, 0.05) is 30.4 Å². The normalized spacial score (nSPS) is 10.6. The van der Waals surface area contributed by atoms with Crippen LogP contribution in [0.15, 0.2) is 30.6 Å². The van der Waals surface area contributed by atoms with E-state index in [2.05, 4.69) is 6.58 Å². The van der Waals surface area contributed by atoms with E-state index in [9.17, 15) is 4.79 Å². The molecule has 1 rings (SSSR count). The molecule has 0 unspecified atom stereocenters. The van der Waals surface area contributed by atoms with Gasteiger partial charge >= 0.3 is 0 Å². The number of rotatable bonds is 4. The van der Waals surface area contributed by atoms with Gasteiger partial charge in [-0.1, -0.05) is 26.0 Å². The Kier molecular flexibility index (Phi) is 3.28. The first-order valence-corrected chi connectivity index (χ1v) is 4.85. The van der Waals surface area contributed by atoms with E-state index in [4.69, 9.17) is 0 Å². The molecule has 0 spiro atoms. The molecule has 1 heterocycles. The minimum absolute atomic E-state index is 0.0654. The van der Waals surface area contributed by atoms with Gasteiger partial charge in [-0.3, -0.25) is 4.79 Å². The molecule has 0 aliphatic heterocycles. The number of hydrogen-bond donors (Lipinski definition) is 0. The lowest BCUT2D eigenvalue weighted by Gasteiger charge is -2.02. The third kappa shape index (κ3) is 2.59. The van der Waals surface area contributed by atoms with Crippen molar-refractivity contribution in [2.75, 3.05) is 0 Å². The zero-order valence-electron chi connectivity index (χ0n) is 9.08. The molecule has 1 aromatic heterocycles. The van der Waals surface area contributed by atoms with Gasteiger partial charge in [-0.15, -0.1) is 0 Å². The first-order valence-electron chi connectivity index (χ1n) is 4.85. The fourth-order valence-electron chi connectivity index (χ4n) is 1.33. The zero-order chi connectivity index (χ0) is 10.7. The number of carbonyl (C=O) groups is 1. The van der Waals surface area contributed by atoms with Crippen LogP contribution in [0, 0.1) is 5.92 Å². The van der Waals surface area contributed by atoms with Gasteiger partial charge in [0.15, 0.2) is 5.78 Å². The highest BCUT2D eigenvalue weighted by Gasteiger charge is 2.11. The highest BCUT2D eigenvalue weighted by molar-refractivity contribution is 5.97. The van der Waals surface area contributed by atoms with Crippen LogP contribution in [0.4, 0.5) is 0 Å². The molecule has 2 heteroatoms. The van der Waals surface area contributed by atoms with E-state index >= 15 is 0 Å². The number of nitrogens with zero attached hydrogens (tertiary/aromatic N) is 1. The predicted molar refractivity (Wildman–Crippen MR) is 58.4 cm³/mol. The minimum Gasteiger partial charge on any atom is -0.350 e. The first-order chi connectivity index (χ1) is 6.50. The lowest BCUT2D eigenvalue weighted by Crippen LogP contribution is -2.06. The Morgan fingerprint density at radius 1 is 1.57 bits per heavy atom. The molecule has 14 heavy (non-hydrogen) atoms. The summed E-state index contributed by atoms with van der Waals surface area (Å²) in [6.45, 7) is 10.4. The Balaban J connectivity index is 2.77. The summed E-state index contributed by atoms with van der Waals surface area (Å²) in [7, 11) is 0. The van der Waals surface area contributed by atoms with Crippen LogP contribution in [0.1, 0.15) is 31.1 Å². The average Bonchev–Trinajstić information content (AvgIpc) is 2.50. The molecule has 0 saturated carbocycles. The molecular weight excluding hydrogens is 174 g/mol. The van der Waals surface area contributed by atoms with Crippen molar-refractivity contribution >= 4 is 5.78 Å². The van der Waals surface area contributed by atoms with Crippen molar-refractivity contribution in [3.63, 3.8) is 0 Å². The molecule has 76 valence electrons. The molecule has 0 N–H and O–H groups in total. The smallest absolute Gasteiger partial charge is 0.166 e. The molecule has 0 fully saturated rings. The van der Waals surface area contributed by atoms with E-state index in [1.165, 1.54) is 0 Å². The number of aromatic nitrogens is 1. The molecule has 0 bridgehead atoms. The number of ketones is 1. The Labute approximate surface area is 85.2 Å². The van der Waals surface area contributed by atoms with Gasteiger partial charge < -0.3 is 4.57 Å². The summed E-state index contributed by atoms with van der Waals surface area (Å²) in [4.78, 5) is 11.6. The summed E-state index contributed by atoms with van der Waals surface area (Å²) in [5.41, 5.74) is 1.88. The Morgan fingerprint density at radius 2 is 2.21 bits per heavy atom. The van der Waals surface area contributed by atoms with Gasteiger partial charge in [0.25, 0.3) is 0 Å². The van der Waals surface area contributed by atoms with Crippen molar-refractivity contribution in [1.29, 1.82) is 0 Å². The molecular formula is C12H17NO. The van der Waals surface area contributed by atoms with E-state index in [1.54, 1.807) is 0 Å². The van der Waals surface area contributed by atoms with E-state index in [-0.39, 0.29) is 11.7 Å². The van der Waals surface area contributed by atoms with Crippen LogP contribution in [-0.2, 0) is 6.54 Å². The summed E-state index contributed by atoms with van der Waals surface area (Å²) < 4.78 is 1.98. The van der Waals surface area contributed by atoms with Crippen molar-refractivity contribution in [2.24, 2.45) is 5.92 Å². The van der Waals surface area contributed by atoms with Crippen LogP contribution in [-0.4, -0.2) is 10.4 Å². The lowest BCUT2D eigenvalue weighted by molar-refractivity contribution is 0.0939. The monoisotopic (exact) mass is 191 g/mol. The Hall–Kier alpha value is -1.31. The van der Waals surface area contributed by atoms with Crippen LogP contribution in [0.25, 0.3) is 0 Å². The molecule has 0 radical (unpaired) electrons. The fraction of sp³-hybridized carbons (Fsp3) is 0.417. The summed E-state index contributed by atoms with van der Waals surface area (Å²) in [6, 6.07) is 1.87. The first kappa shape index (κ1) is 10.8. The van der Waals surface area contributed by atoms with Gasteiger partial charge in [0.2, 0.25) is 0 Å². The fourth-order valence-corrected chi connectivity index (χ4v) is 1.33. The summed E-state index contributed by atoms with van der Waals surface area (Å²) in [5.74, 6) is 0.265. The second-order valence-corrected chi connectivity index (χ2v) is 4.05. The molecule has 0 aromatic carbocycles. The molecule has 0 saturated heterocycles. The predicted octanol–water partition coefficient (Wildman–Crippen LogP) is 2.90. The largest absolute Gasteiger partial charge is 0.350 e. The van der Waals surface area contributed by atoms with Crippen molar-refractivity contribution in [1.82, 2.24) is 4.57 Å². The summed E-state index contributed by atoms with van der Waals surface area (Å²) in [5, 5.41) is 0. The van der Waals surface area contributed by atoms with Crippen molar-refractivity contribution in [2.45, 2.75) is 27.3 Å². The van der Waals surface area contributed by atoms with Gasteiger partial charge in [0.1, 0.15) is 0 Å². The maximum atomic E-state index is 11.6. The summed E-state index contributed by atoms with van der Waals surface area (Å²) >= 11 is 0. The Bertz CT molecular complexity index is 347. The number of Topliss-reactive ketones (excluding diaryl/α,β-unsaturated/α-hetero) is 1. The zero-order valence-corrected chi connectivity index (χ0v) is 9.08. The highest BCUT2D eigenvalue weighted by atomic mass is 16.1. The molecule has 0 aliphatic carbocycles. The maximum Gasteiger partial charge on any atom is 0.166 e. The highest BCUT2D eigenvalue weighted by Crippen LogP contribution is 2.09. The lowest BCUT2D eigenvalue weighted by atomic mass is 10.0. The SMILES string of the molecule is C=C(C)Cn1ccc(C(=O)C(C)C)c1. The van der Waals surface area contributed by atoms with Crippen LogP contribution in [0.3, 0.4) is 0 Å². The second kappa shape index (κ2) is 4.27. The van der Waals surface area contributed by atoms with Gasteiger partial charge in [0.05, 0.1) is 0 Å². The Morgan fingerprint density at radius 3 is 2.71 bits per heavy atom. The van der Waals surface area contributed by atoms with E-state index in [0.717, 1.165) is 17.7 Å². The topological polar surface area (TPSA) is 22.0 Å². The molecule has 0 atom stereocenters.